The van der Waals surface area contributed by atoms with Gasteiger partial charge < -0.3 is 0 Å². The summed E-state index contributed by atoms with van der Waals surface area (Å²) in [6, 6.07) is 1.97. The van der Waals surface area contributed by atoms with Crippen LogP contribution in [0.25, 0.3) is 0 Å². The van der Waals surface area contributed by atoms with Gasteiger partial charge in [0, 0.05) is 17.8 Å². The Morgan fingerprint density at radius 1 is 1.27 bits per heavy atom. The Morgan fingerprint density at radius 2 is 1.82 bits per heavy atom. The lowest BCUT2D eigenvalue weighted by Gasteiger charge is -1.99. The van der Waals surface area contributed by atoms with E-state index in [0.29, 0.717) is 0 Å². The van der Waals surface area contributed by atoms with Crippen LogP contribution in [0.15, 0.2) is 6.07 Å². The first-order valence-corrected chi connectivity index (χ1v) is 4.27. The molecule has 0 N–H and O–H groups in total. The van der Waals surface area contributed by atoms with Crippen LogP contribution in [-0.4, -0.2) is 15.7 Å². The molecular formula is C8H12N2S. The van der Waals surface area contributed by atoms with E-state index in [0.717, 1.165) is 29.4 Å². The van der Waals surface area contributed by atoms with Crippen LogP contribution in [0.5, 0.6) is 0 Å². The summed E-state index contributed by atoms with van der Waals surface area (Å²) in [5.74, 6) is 1.71. The van der Waals surface area contributed by atoms with E-state index in [2.05, 4.69) is 22.6 Å². The molecule has 0 amide bonds. The fourth-order valence-electron chi connectivity index (χ4n) is 1.01. The molecule has 11 heavy (non-hydrogen) atoms. The summed E-state index contributed by atoms with van der Waals surface area (Å²) in [4.78, 5) is 8.53. The first kappa shape index (κ1) is 8.53. The standard InChI is InChI=1S/C8H12N2S/c1-6-5-7(2)10-8(9-6)3-4-11/h5,11H,3-4H2,1-2H3. The van der Waals surface area contributed by atoms with Gasteiger partial charge in [-0.2, -0.15) is 12.6 Å². The Hall–Kier alpha value is -0.570. The maximum absolute atomic E-state index is 4.26. The number of thiol groups is 1. The molecule has 3 heteroatoms. The first-order chi connectivity index (χ1) is 5.22. The van der Waals surface area contributed by atoms with Crippen LogP contribution in [0.3, 0.4) is 0 Å². The van der Waals surface area contributed by atoms with Crippen molar-refractivity contribution in [1.29, 1.82) is 0 Å². The van der Waals surface area contributed by atoms with Crippen LogP contribution >= 0.6 is 12.6 Å². The fourth-order valence-corrected chi connectivity index (χ4v) is 1.21. The van der Waals surface area contributed by atoms with Crippen molar-refractivity contribution < 1.29 is 0 Å². The quantitative estimate of drug-likeness (QED) is 0.678. The van der Waals surface area contributed by atoms with Gasteiger partial charge in [-0.25, -0.2) is 9.97 Å². The lowest BCUT2D eigenvalue weighted by molar-refractivity contribution is 0.904. The molecule has 0 radical (unpaired) electrons. The van der Waals surface area contributed by atoms with Crippen molar-refractivity contribution in [3.05, 3.63) is 23.3 Å². The van der Waals surface area contributed by atoms with Gasteiger partial charge in [-0.3, -0.25) is 0 Å². The van der Waals surface area contributed by atoms with E-state index in [1.165, 1.54) is 0 Å². The predicted octanol–water partition coefficient (Wildman–Crippen LogP) is 1.57. The SMILES string of the molecule is Cc1cc(C)nc(CCS)n1. The van der Waals surface area contributed by atoms with Crippen molar-refractivity contribution in [3.63, 3.8) is 0 Å². The van der Waals surface area contributed by atoms with E-state index >= 15 is 0 Å². The first-order valence-electron chi connectivity index (χ1n) is 3.64. The Kier molecular flexibility index (Phi) is 2.88. The van der Waals surface area contributed by atoms with Gasteiger partial charge in [0.15, 0.2) is 0 Å². The van der Waals surface area contributed by atoms with Crippen LogP contribution in [0.1, 0.15) is 17.2 Å². The predicted molar refractivity (Wildman–Crippen MR) is 49.1 cm³/mol. The second-order valence-electron chi connectivity index (χ2n) is 2.54. The molecule has 1 rings (SSSR count). The van der Waals surface area contributed by atoms with Crippen LogP contribution in [0.2, 0.25) is 0 Å². The van der Waals surface area contributed by atoms with E-state index in [1.54, 1.807) is 0 Å². The molecular weight excluding hydrogens is 156 g/mol. The maximum Gasteiger partial charge on any atom is 0.129 e. The summed E-state index contributed by atoms with van der Waals surface area (Å²) in [5, 5.41) is 0. The summed E-state index contributed by atoms with van der Waals surface area (Å²) >= 11 is 4.12. The third kappa shape index (κ3) is 2.50. The third-order valence-corrected chi connectivity index (χ3v) is 1.59. The van der Waals surface area contributed by atoms with Gasteiger partial charge in [-0.15, -0.1) is 0 Å². The topological polar surface area (TPSA) is 25.8 Å². The number of aromatic nitrogens is 2. The Labute approximate surface area is 72.5 Å². The highest BCUT2D eigenvalue weighted by Gasteiger charge is 1.96. The summed E-state index contributed by atoms with van der Waals surface area (Å²) in [7, 11) is 0. The molecule has 0 saturated carbocycles. The van der Waals surface area contributed by atoms with E-state index in [4.69, 9.17) is 0 Å². The number of rotatable bonds is 2. The molecule has 1 aromatic heterocycles. The normalized spacial score (nSPS) is 10.1. The maximum atomic E-state index is 4.26. The fraction of sp³-hybridized carbons (Fsp3) is 0.500. The Balaban J connectivity index is 2.89. The van der Waals surface area contributed by atoms with Crippen LogP contribution < -0.4 is 0 Å². The molecule has 0 aromatic carbocycles. The van der Waals surface area contributed by atoms with E-state index < -0.39 is 0 Å². The molecule has 0 saturated heterocycles. The van der Waals surface area contributed by atoms with Gasteiger partial charge in [-0.05, 0) is 25.7 Å². The molecule has 60 valence electrons. The zero-order valence-electron chi connectivity index (χ0n) is 6.83. The lowest BCUT2D eigenvalue weighted by Crippen LogP contribution is -1.99. The molecule has 1 heterocycles. The molecule has 0 bridgehead atoms. The molecule has 0 fully saturated rings. The van der Waals surface area contributed by atoms with Crippen molar-refractivity contribution in [1.82, 2.24) is 9.97 Å². The van der Waals surface area contributed by atoms with Crippen LogP contribution in [-0.2, 0) is 6.42 Å². The molecule has 0 atom stereocenters. The number of aryl methyl sites for hydroxylation is 3. The Morgan fingerprint density at radius 3 is 2.27 bits per heavy atom. The highest BCUT2D eigenvalue weighted by molar-refractivity contribution is 7.80. The van der Waals surface area contributed by atoms with Gasteiger partial charge in [-0.1, -0.05) is 0 Å². The minimum absolute atomic E-state index is 0.808. The smallest absolute Gasteiger partial charge is 0.129 e. The average molecular weight is 168 g/mol. The van der Waals surface area contributed by atoms with Crippen LogP contribution in [0, 0.1) is 13.8 Å². The largest absolute Gasteiger partial charge is 0.238 e. The molecule has 1 aromatic rings. The summed E-state index contributed by atoms with van der Waals surface area (Å²) in [6.45, 7) is 3.97. The molecule has 0 aliphatic rings. The van der Waals surface area contributed by atoms with Crippen molar-refractivity contribution in [3.8, 4) is 0 Å². The summed E-state index contributed by atoms with van der Waals surface area (Å²) in [5.41, 5.74) is 2.07. The van der Waals surface area contributed by atoms with Crippen molar-refractivity contribution in [2.24, 2.45) is 0 Å². The van der Waals surface area contributed by atoms with Gasteiger partial charge in [0.05, 0.1) is 0 Å². The molecule has 0 spiro atoms. The minimum Gasteiger partial charge on any atom is -0.238 e. The van der Waals surface area contributed by atoms with Crippen molar-refractivity contribution in [2.45, 2.75) is 20.3 Å². The lowest BCUT2D eigenvalue weighted by atomic mass is 10.3. The molecule has 0 aliphatic heterocycles. The van der Waals surface area contributed by atoms with Crippen molar-refractivity contribution >= 4 is 12.6 Å². The van der Waals surface area contributed by atoms with Gasteiger partial charge in [0.25, 0.3) is 0 Å². The van der Waals surface area contributed by atoms with Gasteiger partial charge >= 0.3 is 0 Å². The zero-order valence-corrected chi connectivity index (χ0v) is 7.73. The summed E-state index contributed by atoms with van der Waals surface area (Å²) < 4.78 is 0. The molecule has 2 nitrogen and oxygen atoms in total. The van der Waals surface area contributed by atoms with Gasteiger partial charge in [0.2, 0.25) is 0 Å². The highest BCUT2D eigenvalue weighted by atomic mass is 32.1. The van der Waals surface area contributed by atoms with E-state index in [-0.39, 0.29) is 0 Å². The van der Waals surface area contributed by atoms with Crippen molar-refractivity contribution in [2.75, 3.05) is 5.75 Å². The molecule has 0 unspecified atom stereocenters. The number of hydrogen-bond donors (Lipinski definition) is 1. The second-order valence-corrected chi connectivity index (χ2v) is 2.99. The minimum atomic E-state index is 0.808. The van der Waals surface area contributed by atoms with E-state index in [9.17, 15) is 0 Å². The third-order valence-electron chi connectivity index (χ3n) is 1.36. The summed E-state index contributed by atoms with van der Waals surface area (Å²) in [6.07, 6.45) is 0.853. The van der Waals surface area contributed by atoms with E-state index in [1.807, 2.05) is 19.9 Å². The monoisotopic (exact) mass is 168 g/mol. The van der Waals surface area contributed by atoms with Gasteiger partial charge in [0.1, 0.15) is 5.82 Å². The Bertz CT molecular complexity index is 228. The van der Waals surface area contributed by atoms with Crippen LogP contribution in [0.4, 0.5) is 0 Å². The highest BCUT2D eigenvalue weighted by Crippen LogP contribution is 2.00. The molecule has 0 aliphatic carbocycles. The average Bonchev–Trinajstić information content (AvgIpc) is 1.85. The second kappa shape index (κ2) is 3.72. The number of hydrogen-bond acceptors (Lipinski definition) is 3. The number of nitrogens with zero attached hydrogens (tertiary/aromatic N) is 2. The zero-order chi connectivity index (χ0) is 8.27.